The van der Waals surface area contributed by atoms with Crippen LogP contribution in [0.3, 0.4) is 0 Å². The summed E-state index contributed by atoms with van der Waals surface area (Å²) in [4.78, 5) is 0. The summed E-state index contributed by atoms with van der Waals surface area (Å²) < 4.78 is 6.36. The smallest absolute Gasteiger partial charge is 0.131 e. The lowest BCUT2D eigenvalue weighted by Crippen LogP contribution is -2.28. The van der Waals surface area contributed by atoms with Gasteiger partial charge in [0.1, 0.15) is 11.5 Å². The van der Waals surface area contributed by atoms with Gasteiger partial charge in [-0.1, -0.05) is 153 Å². The second kappa shape index (κ2) is 10.4. The van der Waals surface area contributed by atoms with Crippen molar-refractivity contribution >= 4 is 0 Å². The molecule has 0 fully saturated rings. The Morgan fingerprint density at radius 1 is 0.362 bits per heavy atom. The van der Waals surface area contributed by atoms with Gasteiger partial charge in [0.05, 0.1) is 5.41 Å². The van der Waals surface area contributed by atoms with Gasteiger partial charge in [0.2, 0.25) is 0 Å². The number of hydrogen-bond donors (Lipinski definition) is 0. The van der Waals surface area contributed by atoms with E-state index in [1.165, 1.54) is 66.8 Å². The van der Waals surface area contributed by atoms with Crippen LogP contribution in [0.15, 0.2) is 170 Å². The van der Waals surface area contributed by atoms with Crippen molar-refractivity contribution in [1.82, 2.24) is 0 Å². The fourth-order valence-corrected chi connectivity index (χ4v) is 8.12. The Morgan fingerprint density at radius 2 is 0.872 bits per heavy atom. The van der Waals surface area contributed by atoms with Crippen molar-refractivity contribution in [2.45, 2.75) is 24.7 Å². The molecule has 1 heterocycles. The highest BCUT2D eigenvalue weighted by atomic mass is 16.5. The Hall–Kier alpha value is -5.66. The van der Waals surface area contributed by atoms with Crippen LogP contribution >= 0.6 is 0 Å². The molecule has 7 aromatic carbocycles. The average molecular weight is 603 g/mol. The molecule has 1 aliphatic heterocycles. The fourth-order valence-electron chi connectivity index (χ4n) is 8.12. The summed E-state index contributed by atoms with van der Waals surface area (Å²) in [6, 6.07) is 62.0. The first-order valence-electron chi connectivity index (χ1n) is 16.4. The maximum absolute atomic E-state index is 6.36. The van der Waals surface area contributed by atoms with Crippen LogP contribution in [0.25, 0.3) is 33.4 Å². The Bertz CT molecular complexity index is 2260. The van der Waals surface area contributed by atoms with Crippen LogP contribution in [0.1, 0.15) is 47.2 Å². The maximum atomic E-state index is 6.36. The summed E-state index contributed by atoms with van der Waals surface area (Å²) >= 11 is 0. The topological polar surface area (TPSA) is 9.23 Å². The third-order valence-corrected chi connectivity index (χ3v) is 10.4. The summed E-state index contributed by atoms with van der Waals surface area (Å²) in [7, 11) is 0. The highest BCUT2D eigenvalue weighted by Gasteiger charge is 2.46. The molecule has 224 valence electrons. The van der Waals surface area contributed by atoms with E-state index in [2.05, 4.69) is 178 Å². The highest BCUT2D eigenvalue weighted by molar-refractivity contribution is 5.88. The predicted molar refractivity (Wildman–Crippen MR) is 193 cm³/mol. The Morgan fingerprint density at radius 3 is 1.57 bits per heavy atom. The predicted octanol–water partition coefficient (Wildman–Crippen LogP) is 11.8. The van der Waals surface area contributed by atoms with Crippen molar-refractivity contribution in [3.63, 3.8) is 0 Å². The van der Waals surface area contributed by atoms with Gasteiger partial charge in [-0.25, -0.2) is 0 Å². The first-order chi connectivity index (χ1) is 23.0. The molecule has 0 unspecified atom stereocenters. The van der Waals surface area contributed by atoms with E-state index in [1.54, 1.807) is 0 Å². The van der Waals surface area contributed by atoms with Gasteiger partial charge in [-0.05, 0) is 86.0 Å². The number of ether oxygens (including phenoxy) is 1. The van der Waals surface area contributed by atoms with Crippen molar-refractivity contribution in [2.75, 3.05) is 0 Å². The van der Waals surface area contributed by atoms with Gasteiger partial charge < -0.3 is 4.74 Å². The van der Waals surface area contributed by atoms with Gasteiger partial charge in [-0.15, -0.1) is 0 Å². The molecular formula is C46H34O. The zero-order chi connectivity index (χ0) is 31.6. The number of hydrogen-bond acceptors (Lipinski definition) is 1. The van der Waals surface area contributed by atoms with Gasteiger partial charge >= 0.3 is 0 Å². The molecule has 0 bridgehead atoms. The standard InChI is InChI=1S/C46H34O/c1-45(2)40-22-11-12-23-43(40)47-44-27-25-34(30-42(44)45)32-15-13-14-31(28-32)33-24-26-38-37-20-9-10-21-39(37)46(41(38)29-33,35-16-5-3-6-17-35)36-18-7-4-8-19-36/h3-30H,1-2H3. The molecule has 0 saturated heterocycles. The van der Waals surface area contributed by atoms with Crippen LogP contribution in [0.4, 0.5) is 0 Å². The Labute approximate surface area is 276 Å². The minimum atomic E-state index is -0.414. The molecule has 0 spiro atoms. The van der Waals surface area contributed by atoms with Crippen molar-refractivity contribution < 1.29 is 4.74 Å². The summed E-state index contributed by atoms with van der Waals surface area (Å²) in [5, 5.41) is 0. The van der Waals surface area contributed by atoms with Crippen molar-refractivity contribution in [1.29, 1.82) is 0 Å². The molecule has 2 aliphatic rings. The van der Waals surface area contributed by atoms with Crippen LogP contribution < -0.4 is 4.74 Å². The lowest BCUT2D eigenvalue weighted by molar-refractivity contribution is 0.418. The number of rotatable bonds is 4. The number of fused-ring (bicyclic) bond motifs is 5. The lowest BCUT2D eigenvalue weighted by atomic mass is 9.67. The van der Waals surface area contributed by atoms with E-state index >= 15 is 0 Å². The molecule has 0 atom stereocenters. The zero-order valence-electron chi connectivity index (χ0n) is 26.6. The molecule has 1 heteroatoms. The molecule has 0 aromatic heterocycles. The van der Waals surface area contributed by atoms with E-state index in [0.29, 0.717) is 0 Å². The van der Waals surface area contributed by atoms with E-state index in [0.717, 1.165) is 11.5 Å². The summed E-state index contributed by atoms with van der Waals surface area (Å²) in [6.45, 7) is 4.59. The first-order valence-corrected chi connectivity index (χ1v) is 16.4. The Balaban J connectivity index is 1.19. The summed E-state index contributed by atoms with van der Waals surface area (Å²) in [5.74, 6) is 1.88. The quantitative estimate of drug-likeness (QED) is 0.195. The van der Waals surface area contributed by atoms with E-state index in [1.807, 2.05) is 6.07 Å². The van der Waals surface area contributed by atoms with Gasteiger partial charge in [-0.3, -0.25) is 0 Å². The molecule has 1 nitrogen and oxygen atoms in total. The van der Waals surface area contributed by atoms with Gasteiger partial charge in [-0.2, -0.15) is 0 Å². The monoisotopic (exact) mass is 602 g/mol. The molecule has 0 radical (unpaired) electrons. The Kier molecular flexibility index (Phi) is 6.14. The molecule has 9 rings (SSSR count). The second-order valence-electron chi connectivity index (χ2n) is 13.3. The van der Waals surface area contributed by atoms with Crippen LogP contribution in [0, 0.1) is 0 Å². The van der Waals surface area contributed by atoms with E-state index in [-0.39, 0.29) is 5.41 Å². The van der Waals surface area contributed by atoms with Crippen LogP contribution in [-0.4, -0.2) is 0 Å². The number of para-hydroxylation sites is 1. The minimum absolute atomic E-state index is 0.162. The number of benzene rings is 7. The largest absolute Gasteiger partial charge is 0.457 e. The fraction of sp³-hybridized carbons (Fsp3) is 0.0870. The van der Waals surface area contributed by atoms with E-state index < -0.39 is 5.41 Å². The highest BCUT2D eigenvalue weighted by Crippen LogP contribution is 2.57. The van der Waals surface area contributed by atoms with Gasteiger partial charge in [0.15, 0.2) is 0 Å². The zero-order valence-corrected chi connectivity index (χ0v) is 26.6. The van der Waals surface area contributed by atoms with Crippen LogP contribution in [-0.2, 0) is 10.8 Å². The van der Waals surface area contributed by atoms with Gasteiger partial charge in [0.25, 0.3) is 0 Å². The summed E-state index contributed by atoms with van der Waals surface area (Å²) in [6.07, 6.45) is 0. The van der Waals surface area contributed by atoms with E-state index in [4.69, 9.17) is 4.74 Å². The third kappa shape index (κ3) is 4.09. The van der Waals surface area contributed by atoms with Crippen molar-refractivity contribution in [3.05, 3.63) is 203 Å². The average Bonchev–Trinajstić information content (AvgIpc) is 3.43. The minimum Gasteiger partial charge on any atom is -0.457 e. The molecule has 7 aromatic rings. The van der Waals surface area contributed by atoms with Crippen molar-refractivity contribution in [2.24, 2.45) is 0 Å². The van der Waals surface area contributed by atoms with Crippen LogP contribution in [0.5, 0.6) is 11.5 Å². The van der Waals surface area contributed by atoms with E-state index in [9.17, 15) is 0 Å². The molecule has 0 amide bonds. The molecule has 47 heavy (non-hydrogen) atoms. The molecule has 0 saturated carbocycles. The second-order valence-corrected chi connectivity index (χ2v) is 13.3. The molecule has 0 N–H and O–H groups in total. The van der Waals surface area contributed by atoms with Crippen molar-refractivity contribution in [3.8, 4) is 44.9 Å². The third-order valence-electron chi connectivity index (χ3n) is 10.4. The molecule has 1 aliphatic carbocycles. The SMILES string of the molecule is CC1(C)c2ccccc2Oc2ccc(-c3cccc(-c4ccc5c(c4)C(c4ccccc4)(c4ccccc4)c4ccccc4-5)c3)cc21. The van der Waals surface area contributed by atoms with Crippen LogP contribution in [0.2, 0.25) is 0 Å². The maximum Gasteiger partial charge on any atom is 0.131 e. The normalized spacial score (nSPS) is 14.7. The van der Waals surface area contributed by atoms with Gasteiger partial charge in [0, 0.05) is 16.5 Å². The first kappa shape index (κ1) is 27.6. The molecular weight excluding hydrogens is 569 g/mol. The lowest BCUT2D eigenvalue weighted by Gasteiger charge is -2.34. The summed E-state index contributed by atoms with van der Waals surface area (Å²) in [5.41, 5.74) is 14.5.